The highest BCUT2D eigenvalue weighted by Crippen LogP contribution is 2.39. The molecular formula is C27H21NO2. The highest BCUT2D eigenvalue weighted by Gasteiger charge is 2.17. The van der Waals surface area contributed by atoms with Crippen LogP contribution in [-0.2, 0) is 0 Å². The molecule has 0 saturated carbocycles. The fraction of sp³-hybridized carbons (Fsp3) is 0.148. The largest absolute Gasteiger partial charge is 0.456 e. The molecule has 0 saturated heterocycles. The monoisotopic (exact) mass is 395 g/mol. The van der Waals surface area contributed by atoms with Crippen molar-refractivity contribution in [3.63, 3.8) is 0 Å². The van der Waals surface area contributed by atoms with E-state index < -0.39 is 12.7 Å². The Morgan fingerprint density at radius 2 is 1.63 bits per heavy atom. The normalized spacial score (nSPS) is 14.9. The second-order valence-electron chi connectivity index (χ2n) is 7.84. The molecule has 30 heavy (non-hydrogen) atoms. The summed E-state index contributed by atoms with van der Waals surface area (Å²) >= 11 is 0. The first-order valence-corrected chi connectivity index (χ1v) is 9.89. The van der Waals surface area contributed by atoms with E-state index in [1.165, 1.54) is 6.20 Å². The molecule has 0 fully saturated rings. The van der Waals surface area contributed by atoms with Gasteiger partial charge in [-0.2, -0.15) is 0 Å². The summed E-state index contributed by atoms with van der Waals surface area (Å²) in [5, 5.41) is 3.98. The zero-order chi connectivity index (χ0) is 23.8. The van der Waals surface area contributed by atoms with Crippen LogP contribution in [0.1, 0.15) is 36.4 Å². The molecule has 0 bridgehead atoms. The van der Waals surface area contributed by atoms with Crippen molar-refractivity contribution in [1.29, 1.82) is 0 Å². The maximum absolute atomic E-state index is 8.52. The number of rotatable bonds is 2. The Morgan fingerprint density at radius 3 is 2.50 bits per heavy atom. The van der Waals surface area contributed by atoms with Crippen molar-refractivity contribution in [2.24, 2.45) is 0 Å². The number of para-hydroxylation sites is 2. The Morgan fingerprint density at radius 1 is 0.833 bits per heavy atom. The summed E-state index contributed by atoms with van der Waals surface area (Å²) in [4.78, 5) is 4.47. The molecule has 0 aliphatic rings. The van der Waals surface area contributed by atoms with Crippen LogP contribution in [0.15, 0.2) is 75.7 Å². The molecule has 6 aromatic rings. The number of nitrogens with zero attached hydrogens (tertiary/aromatic N) is 1. The second-order valence-corrected chi connectivity index (χ2v) is 7.84. The summed E-state index contributed by atoms with van der Waals surface area (Å²) in [6.45, 7) is 1.02. The summed E-state index contributed by atoms with van der Waals surface area (Å²) in [7, 11) is 0. The molecule has 0 unspecified atom stereocenters. The Labute approximate surface area is 179 Å². The van der Waals surface area contributed by atoms with E-state index >= 15 is 0 Å². The van der Waals surface area contributed by atoms with E-state index in [1.807, 2.05) is 48.5 Å². The number of aryl methyl sites for hydroxylation is 1. The Balaban J connectivity index is 1.61. The number of fused-ring (bicyclic) bond motifs is 6. The van der Waals surface area contributed by atoms with Gasteiger partial charge in [-0.3, -0.25) is 4.98 Å². The average Bonchev–Trinajstić information content (AvgIpc) is 3.33. The SMILES string of the molecule is [2H]C([2H])([2H])c1cnc(-c2cccc3c2oc2cc4oc5ccccc5c4cc23)cc1C([2H])(C)C. The fourth-order valence-electron chi connectivity index (χ4n) is 4.23. The third kappa shape index (κ3) is 2.42. The maximum Gasteiger partial charge on any atom is 0.144 e. The molecule has 146 valence electrons. The van der Waals surface area contributed by atoms with Gasteiger partial charge in [-0.1, -0.05) is 44.2 Å². The minimum atomic E-state index is -2.35. The zero-order valence-electron chi connectivity index (χ0n) is 20.6. The molecule has 3 nitrogen and oxygen atoms in total. The van der Waals surface area contributed by atoms with Crippen LogP contribution in [-0.4, -0.2) is 4.98 Å². The highest BCUT2D eigenvalue weighted by molar-refractivity contribution is 6.16. The predicted octanol–water partition coefficient (Wildman–Crippen LogP) is 7.98. The minimum Gasteiger partial charge on any atom is -0.456 e. The third-order valence-electron chi connectivity index (χ3n) is 5.71. The van der Waals surface area contributed by atoms with Gasteiger partial charge >= 0.3 is 0 Å². The Bertz CT molecular complexity index is 1740. The summed E-state index contributed by atoms with van der Waals surface area (Å²) < 4.78 is 44.5. The van der Waals surface area contributed by atoms with Gasteiger partial charge in [0.05, 0.1) is 5.69 Å². The molecule has 3 aromatic carbocycles. The van der Waals surface area contributed by atoms with Crippen molar-refractivity contribution in [1.82, 2.24) is 4.98 Å². The van der Waals surface area contributed by atoms with Gasteiger partial charge in [-0.05, 0) is 48.1 Å². The second kappa shape index (κ2) is 6.20. The summed E-state index contributed by atoms with van der Waals surface area (Å²) in [5.74, 6) is -1.10. The van der Waals surface area contributed by atoms with Gasteiger partial charge in [0.15, 0.2) is 0 Å². The maximum atomic E-state index is 8.52. The first-order chi connectivity index (χ1) is 16.1. The van der Waals surface area contributed by atoms with Gasteiger partial charge in [0.25, 0.3) is 0 Å². The minimum absolute atomic E-state index is 0.0975. The number of aromatic nitrogens is 1. The van der Waals surface area contributed by atoms with Crippen molar-refractivity contribution in [2.45, 2.75) is 26.6 Å². The van der Waals surface area contributed by atoms with Crippen LogP contribution in [0.5, 0.6) is 0 Å². The van der Waals surface area contributed by atoms with Gasteiger partial charge in [-0.15, -0.1) is 0 Å². The van der Waals surface area contributed by atoms with Gasteiger partial charge in [0.2, 0.25) is 0 Å². The smallest absolute Gasteiger partial charge is 0.144 e. The van der Waals surface area contributed by atoms with Crippen molar-refractivity contribution in [3.05, 3.63) is 78.0 Å². The average molecular weight is 395 g/mol. The lowest BCUT2D eigenvalue weighted by atomic mass is 9.97. The summed E-state index contributed by atoms with van der Waals surface area (Å²) in [5.41, 5.74) is 4.80. The zero-order valence-corrected chi connectivity index (χ0v) is 16.6. The molecule has 0 radical (unpaired) electrons. The van der Waals surface area contributed by atoms with E-state index in [1.54, 1.807) is 19.9 Å². The number of hydrogen-bond acceptors (Lipinski definition) is 3. The van der Waals surface area contributed by atoms with E-state index in [0.29, 0.717) is 22.4 Å². The van der Waals surface area contributed by atoms with E-state index in [0.717, 1.165) is 38.3 Å². The quantitative estimate of drug-likeness (QED) is 0.298. The van der Waals surface area contributed by atoms with Gasteiger partial charge < -0.3 is 8.83 Å². The molecule has 6 rings (SSSR count). The lowest BCUT2D eigenvalue weighted by molar-refractivity contribution is 0.656. The van der Waals surface area contributed by atoms with Gasteiger partial charge in [0.1, 0.15) is 22.3 Å². The number of pyridine rings is 1. The van der Waals surface area contributed by atoms with Crippen LogP contribution in [0, 0.1) is 6.85 Å². The van der Waals surface area contributed by atoms with Crippen molar-refractivity contribution in [2.75, 3.05) is 0 Å². The van der Waals surface area contributed by atoms with Crippen LogP contribution < -0.4 is 0 Å². The molecule has 0 aliphatic heterocycles. The van der Waals surface area contributed by atoms with Crippen LogP contribution in [0.4, 0.5) is 0 Å². The molecule has 3 heterocycles. The lowest BCUT2D eigenvalue weighted by Crippen LogP contribution is -1.95. The number of hydrogen-bond donors (Lipinski definition) is 0. The van der Waals surface area contributed by atoms with Crippen molar-refractivity contribution >= 4 is 43.9 Å². The summed E-state index contributed by atoms with van der Waals surface area (Å²) in [6.07, 6.45) is 1.37. The van der Waals surface area contributed by atoms with Crippen LogP contribution in [0.3, 0.4) is 0 Å². The van der Waals surface area contributed by atoms with Crippen LogP contribution in [0.2, 0.25) is 0 Å². The summed E-state index contributed by atoms with van der Waals surface area (Å²) in [6, 6.07) is 19.5. The van der Waals surface area contributed by atoms with Gasteiger partial charge in [0, 0.05) is 44.9 Å². The highest BCUT2D eigenvalue weighted by atomic mass is 16.3. The Hall–Kier alpha value is -3.59. The molecule has 0 aliphatic carbocycles. The van der Waals surface area contributed by atoms with Crippen molar-refractivity contribution in [3.8, 4) is 11.3 Å². The lowest BCUT2D eigenvalue weighted by Gasteiger charge is -2.11. The first kappa shape index (κ1) is 13.6. The van der Waals surface area contributed by atoms with E-state index in [-0.39, 0.29) is 5.56 Å². The molecule has 0 amide bonds. The van der Waals surface area contributed by atoms with Crippen LogP contribution in [0.25, 0.3) is 55.1 Å². The first-order valence-electron chi connectivity index (χ1n) is 11.9. The molecule has 0 atom stereocenters. The Kier molecular flexibility index (Phi) is 2.81. The third-order valence-corrected chi connectivity index (χ3v) is 5.71. The topological polar surface area (TPSA) is 39.2 Å². The number of furan rings is 2. The standard InChI is InChI=1S/C27H21NO2/c1-15(2)20-12-23(28-14-16(20)3)19-9-6-8-18-22-11-21-17-7-4-5-10-24(17)29-25(21)13-26(22)30-27(18)19/h4-15H,1-3H3/i3D3,15D. The van der Waals surface area contributed by atoms with E-state index in [2.05, 4.69) is 11.1 Å². The molecule has 3 heteroatoms. The molecule has 0 spiro atoms. The van der Waals surface area contributed by atoms with E-state index in [4.69, 9.17) is 14.3 Å². The molecular weight excluding hydrogens is 370 g/mol. The predicted molar refractivity (Wildman–Crippen MR) is 123 cm³/mol. The molecule has 3 aromatic heterocycles. The van der Waals surface area contributed by atoms with E-state index in [9.17, 15) is 0 Å². The fourth-order valence-corrected chi connectivity index (χ4v) is 4.23. The van der Waals surface area contributed by atoms with Crippen LogP contribution >= 0.6 is 0 Å². The molecule has 0 N–H and O–H groups in total. The number of benzene rings is 3. The van der Waals surface area contributed by atoms with Crippen molar-refractivity contribution < 1.29 is 14.3 Å². The van der Waals surface area contributed by atoms with Gasteiger partial charge in [-0.25, -0.2) is 0 Å².